The molecule has 21 heavy (non-hydrogen) atoms. The fourth-order valence-corrected chi connectivity index (χ4v) is 2.65. The molecule has 0 spiro atoms. The van der Waals surface area contributed by atoms with Gasteiger partial charge in [0.15, 0.2) is 5.75 Å². The molecule has 3 N–H and O–H groups in total. The fourth-order valence-electron chi connectivity index (χ4n) is 2.31. The van der Waals surface area contributed by atoms with Crippen molar-refractivity contribution < 1.29 is 9.53 Å². The lowest BCUT2D eigenvalue weighted by Gasteiger charge is -2.19. The van der Waals surface area contributed by atoms with Crippen molar-refractivity contribution in [1.29, 1.82) is 0 Å². The summed E-state index contributed by atoms with van der Waals surface area (Å²) in [5.74, 6) is 1.40. The van der Waals surface area contributed by atoms with E-state index in [-0.39, 0.29) is 5.91 Å². The average Bonchev–Trinajstić information content (AvgIpc) is 2.44. The van der Waals surface area contributed by atoms with Gasteiger partial charge in [-0.15, -0.1) is 0 Å². The number of hydrogen-bond donors (Lipinski definition) is 2. The van der Waals surface area contributed by atoms with E-state index in [2.05, 4.69) is 21.2 Å². The molecular formula is C16H15BrN2O2. The molecule has 1 heterocycles. The quantitative estimate of drug-likeness (QED) is 0.807. The molecule has 0 atom stereocenters. The van der Waals surface area contributed by atoms with Crippen LogP contribution in [-0.4, -0.2) is 5.91 Å². The third-order valence-corrected chi connectivity index (χ3v) is 3.99. The standard InChI is InChI=1S/C16H15BrN2O2/c1-9-2-4-11(17)7-14(9)21-15-6-10-3-5-16(20)19-13(10)8-12(15)18/h2,4,6-8H,3,5,18H2,1H3,(H,19,20). The van der Waals surface area contributed by atoms with E-state index in [1.165, 1.54) is 0 Å². The molecule has 0 aromatic heterocycles. The number of carbonyl (C=O) groups excluding carboxylic acids is 1. The summed E-state index contributed by atoms with van der Waals surface area (Å²) in [5.41, 5.74) is 9.41. The summed E-state index contributed by atoms with van der Waals surface area (Å²) < 4.78 is 6.90. The molecule has 1 aliphatic rings. The zero-order chi connectivity index (χ0) is 15.0. The second-order valence-corrected chi connectivity index (χ2v) is 6.02. The van der Waals surface area contributed by atoms with Crippen molar-refractivity contribution in [3.8, 4) is 11.5 Å². The van der Waals surface area contributed by atoms with Gasteiger partial charge in [-0.3, -0.25) is 4.79 Å². The van der Waals surface area contributed by atoms with E-state index in [0.29, 0.717) is 24.3 Å². The van der Waals surface area contributed by atoms with E-state index in [4.69, 9.17) is 10.5 Å². The van der Waals surface area contributed by atoms with Crippen LogP contribution in [0.3, 0.4) is 0 Å². The van der Waals surface area contributed by atoms with Gasteiger partial charge in [0.2, 0.25) is 5.91 Å². The number of fused-ring (bicyclic) bond motifs is 1. The van der Waals surface area contributed by atoms with Gasteiger partial charge >= 0.3 is 0 Å². The van der Waals surface area contributed by atoms with Crippen molar-refractivity contribution in [3.63, 3.8) is 0 Å². The van der Waals surface area contributed by atoms with Crippen LogP contribution in [-0.2, 0) is 11.2 Å². The molecule has 2 aromatic carbocycles. The van der Waals surface area contributed by atoms with Crippen molar-refractivity contribution in [2.75, 3.05) is 11.1 Å². The third-order valence-electron chi connectivity index (χ3n) is 3.50. The van der Waals surface area contributed by atoms with Gasteiger partial charge in [-0.1, -0.05) is 22.0 Å². The number of nitrogens with two attached hydrogens (primary N) is 1. The van der Waals surface area contributed by atoms with E-state index in [1.807, 2.05) is 31.2 Å². The number of ether oxygens (including phenoxy) is 1. The molecule has 0 saturated heterocycles. The number of amides is 1. The van der Waals surface area contributed by atoms with Crippen LogP contribution in [0.5, 0.6) is 11.5 Å². The second kappa shape index (κ2) is 5.41. The first-order chi connectivity index (χ1) is 10.0. The molecule has 3 rings (SSSR count). The average molecular weight is 347 g/mol. The summed E-state index contributed by atoms with van der Waals surface area (Å²) in [5, 5.41) is 2.83. The lowest BCUT2D eigenvalue weighted by atomic mass is 10.0. The third kappa shape index (κ3) is 2.88. The van der Waals surface area contributed by atoms with Gasteiger partial charge in [-0.25, -0.2) is 0 Å². The minimum absolute atomic E-state index is 0.0263. The van der Waals surface area contributed by atoms with E-state index in [1.54, 1.807) is 6.07 Å². The van der Waals surface area contributed by atoms with Gasteiger partial charge in [0, 0.05) is 16.6 Å². The molecule has 0 aliphatic carbocycles. The number of rotatable bonds is 2. The molecule has 0 fully saturated rings. The number of benzene rings is 2. The topological polar surface area (TPSA) is 64.3 Å². The number of anilines is 2. The summed E-state index contributed by atoms with van der Waals surface area (Å²) in [6.07, 6.45) is 1.20. The number of hydrogen-bond acceptors (Lipinski definition) is 3. The summed E-state index contributed by atoms with van der Waals surface area (Å²) in [6.45, 7) is 1.98. The predicted octanol–water partition coefficient (Wildman–Crippen LogP) is 4.02. The van der Waals surface area contributed by atoms with Crippen LogP contribution in [0.4, 0.5) is 11.4 Å². The Labute approximate surface area is 131 Å². The lowest BCUT2D eigenvalue weighted by molar-refractivity contribution is -0.116. The van der Waals surface area contributed by atoms with Crippen LogP contribution >= 0.6 is 15.9 Å². The minimum Gasteiger partial charge on any atom is -0.455 e. The summed E-state index contributed by atoms with van der Waals surface area (Å²) in [4.78, 5) is 11.4. The van der Waals surface area contributed by atoms with E-state index in [0.717, 1.165) is 27.0 Å². The maximum atomic E-state index is 11.4. The van der Waals surface area contributed by atoms with Gasteiger partial charge in [0.05, 0.1) is 5.69 Å². The number of nitrogen functional groups attached to an aromatic ring is 1. The summed E-state index contributed by atoms with van der Waals surface area (Å²) in [7, 11) is 0. The van der Waals surface area contributed by atoms with Crippen LogP contribution in [0.2, 0.25) is 0 Å². The molecule has 2 aromatic rings. The summed E-state index contributed by atoms with van der Waals surface area (Å²) in [6, 6.07) is 9.53. The molecule has 0 saturated carbocycles. The Balaban J connectivity index is 1.96. The number of nitrogens with one attached hydrogen (secondary N) is 1. The highest BCUT2D eigenvalue weighted by molar-refractivity contribution is 9.10. The molecule has 108 valence electrons. The maximum absolute atomic E-state index is 11.4. The molecule has 1 amide bonds. The van der Waals surface area contributed by atoms with Gasteiger partial charge in [0.1, 0.15) is 5.75 Å². The first-order valence-electron chi connectivity index (χ1n) is 6.69. The molecule has 0 unspecified atom stereocenters. The lowest BCUT2D eigenvalue weighted by Crippen LogP contribution is -2.19. The van der Waals surface area contributed by atoms with Gasteiger partial charge in [-0.05, 0) is 48.7 Å². The Morgan fingerprint density at radius 3 is 2.81 bits per heavy atom. The van der Waals surface area contributed by atoms with Crippen LogP contribution < -0.4 is 15.8 Å². The predicted molar refractivity (Wildman–Crippen MR) is 86.8 cm³/mol. The minimum atomic E-state index is 0.0263. The van der Waals surface area contributed by atoms with Crippen molar-refractivity contribution >= 4 is 33.2 Å². The molecule has 4 nitrogen and oxygen atoms in total. The zero-order valence-corrected chi connectivity index (χ0v) is 13.2. The Morgan fingerprint density at radius 1 is 1.19 bits per heavy atom. The number of carbonyl (C=O) groups is 1. The Bertz CT molecular complexity index is 728. The molecule has 0 bridgehead atoms. The first kappa shape index (κ1) is 13.9. The summed E-state index contributed by atoms with van der Waals surface area (Å²) >= 11 is 3.44. The SMILES string of the molecule is Cc1ccc(Br)cc1Oc1cc2c(cc1N)NC(=O)CC2. The first-order valence-corrected chi connectivity index (χ1v) is 7.48. The van der Waals surface area contributed by atoms with E-state index in [9.17, 15) is 4.79 Å². The highest BCUT2D eigenvalue weighted by Crippen LogP contribution is 2.36. The number of halogens is 1. The second-order valence-electron chi connectivity index (χ2n) is 5.11. The zero-order valence-electron chi connectivity index (χ0n) is 11.6. The number of aryl methyl sites for hydroxylation is 2. The van der Waals surface area contributed by atoms with Crippen LogP contribution in [0.1, 0.15) is 17.5 Å². The normalized spacial score (nSPS) is 13.5. The van der Waals surface area contributed by atoms with Crippen molar-refractivity contribution in [3.05, 3.63) is 45.9 Å². The van der Waals surface area contributed by atoms with Crippen LogP contribution in [0.15, 0.2) is 34.8 Å². The van der Waals surface area contributed by atoms with Crippen LogP contribution in [0, 0.1) is 6.92 Å². The smallest absolute Gasteiger partial charge is 0.224 e. The van der Waals surface area contributed by atoms with E-state index >= 15 is 0 Å². The molecular weight excluding hydrogens is 332 g/mol. The largest absolute Gasteiger partial charge is 0.455 e. The van der Waals surface area contributed by atoms with Crippen molar-refractivity contribution in [1.82, 2.24) is 0 Å². The molecule has 5 heteroatoms. The fraction of sp³-hybridized carbons (Fsp3) is 0.188. The van der Waals surface area contributed by atoms with Gasteiger partial charge in [-0.2, -0.15) is 0 Å². The Morgan fingerprint density at radius 2 is 2.00 bits per heavy atom. The molecule has 0 radical (unpaired) electrons. The monoisotopic (exact) mass is 346 g/mol. The van der Waals surface area contributed by atoms with Gasteiger partial charge < -0.3 is 15.8 Å². The highest BCUT2D eigenvalue weighted by Gasteiger charge is 2.17. The Kier molecular flexibility index (Phi) is 3.59. The van der Waals surface area contributed by atoms with E-state index < -0.39 is 0 Å². The van der Waals surface area contributed by atoms with Crippen molar-refractivity contribution in [2.24, 2.45) is 0 Å². The molecule has 1 aliphatic heterocycles. The Hall–Kier alpha value is -2.01. The maximum Gasteiger partial charge on any atom is 0.224 e. The van der Waals surface area contributed by atoms with Crippen molar-refractivity contribution in [2.45, 2.75) is 19.8 Å². The highest BCUT2D eigenvalue weighted by atomic mass is 79.9. The van der Waals surface area contributed by atoms with Crippen LogP contribution in [0.25, 0.3) is 0 Å². The van der Waals surface area contributed by atoms with Gasteiger partial charge in [0.25, 0.3) is 0 Å².